The Kier molecular flexibility index (Phi) is 5.57. The van der Waals surface area contributed by atoms with Crippen LogP contribution >= 0.6 is 0 Å². The Hall–Kier alpha value is -2.96. The number of hydrogen-bond acceptors (Lipinski definition) is 4. The maximum atomic E-state index is 14.0. The van der Waals surface area contributed by atoms with Gasteiger partial charge in [0.1, 0.15) is 17.2 Å². The lowest BCUT2D eigenvalue weighted by molar-refractivity contribution is 0.143. The zero-order valence-corrected chi connectivity index (χ0v) is 17.7. The lowest BCUT2D eigenvalue weighted by Crippen LogP contribution is -2.32. The number of rotatable bonds is 5. The minimum atomic E-state index is -0.287. The normalized spacial score (nSPS) is 17.5. The first kappa shape index (κ1) is 20.0. The van der Waals surface area contributed by atoms with Gasteiger partial charge in [0.2, 0.25) is 0 Å². The molecule has 0 spiro atoms. The number of benzene rings is 1. The van der Waals surface area contributed by atoms with Crippen LogP contribution in [0, 0.1) is 5.82 Å². The van der Waals surface area contributed by atoms with Gasteiger partial charge in [0, 0.05) is 42.5 Å². The van der Waals surface area contributed by atoms with Crippen molar-refractivity contribution in [2.75, 3.05) is 40.0 Å². The highest BCUT2D eigenvalue weighted by atomic mass is 19.1. The molecule has 1 N–H and O–H groups in total. The number of aromatic nitrogens is 2. The van der Waals surface area contributed by atoms with Crippen LogP contribution in [0.15, 0.2) is 54.3 Å². The number of halogens is 1. The number of H-pyrrole nitrogens is 1. The number of nitrogens with zero attached hydrogens (tertiary/aromatic N) is 2. The molecule has 0 atom stereocenters. The second-order valence-corrected chi connectivity index (χ2v) is 8.07. The molecule has 0 fully saturated rings. The van der Waals surface area contributed by atoms with Gasteiger partial charge >= 0.3 is 0 Å². The summed E-state index contributed by atoms with van der Waals surface area (Å²) in [5.41, 5.74) is 6.18. The van der Waals surface area contributed by atoms with Crippen LogP contribution in [0.1, 0.15) is 18.5 Å². The van der Waals surface area contributed by atoms with Crippen molar-refractivity contribution in [2.45, 2.75) is 12.8 Å². The predicted molar refractivity (Wildman–Crippen MR) is 121 cm³/mol. The minimum Gasteiger partial charge on any atom is -0.496 e. The fourth-order valence-electron chi connectivity index (χ4n) is 4.43. The summed E-state index contributed by atoms with van der Waals surface area (Å²) in [5, 5.41) is 0.967. The van der Waals surface area contributed by atoms with E-state index in [-0.39, 0.29) is 5.82 Å². The quantitative estimate of drug-likeness (QED) is 0.603. The monoisotopic (exact) mass is 419 g/mol. The summed E-state index contributed by atoms with van der Waals surface area (Å²) >= 11 is 0. The molecule has 160 valence electrons. The highest BCUT2D eigenvalue weighted by Crippen LogP contribution is 2.36. The number of nitrogens with one attached hydrogen (secondary N) is 1. The maximum Gasteiger partial charge on any atom is 0.138 e. The third kappa shape index (κ3) is 4.13. The van der Waals surface area contributed by atoms with E-state index in [4.69, 9.17) is 9.47 Å². The van der Waals surface area contributed by atoms with Gasteiger partial charge in [-0.05, 0) is 59.9 Å². The van der Waals surface area contributed by atoms with Gasteiger partial charge in [-0.25, -0.2) is 9.37 Å². The molecule has 0 radical (unpaired) electrons. The van der Waals surface area contributed by atoms with Gasteiger partial charge in [0.25, 0.3) is 0 Å². The first-order valence-corrected chi connectivity index (χ1v) is 10.7. The lowest BCUT2D eigenvalue weighted by atomic mass is 10.0. The summed E-state index contributed by atoms with van der Waals surface area (Å²) in [6, 6.07) is 8.63. The van der Waals surface area contributed by atoms with Crippen LogP contribution in [0.25, 0.3) is 27.7 Å². The van der Waals surface area contributed by atoms with Crippen LogP contribution in [0.3, 0.4) is 0 Å². The van der Waals surface area contributed by atoms with Crippen molar-refractivity contribution >= 4 is 16.6 Å². The van der Waals surface area contributed by atoms with Crippen molar-refractivity contribution in [3.8, 4) is 16.9 Å². The number of pyridine rings is 1. The molecule has 0 saturated heterocycles. The first-order valence-electron chi connectivity index (χ1n) is 10.7. The van der Waals surface area contributed by atoms with Gasteiger partial charge in [-0.2, -0.15) is 0 Å². The molecule has 0 amide bonds. The van der Waals surface area contributed by atoms with Gasteiger partial charge in [0.05, 0.1) is 20.3 Å². The molecule has 2 aliphatic rings. The topological polar surface area (TPSA) is 50.4 Å². The van der Waals surface area contributed by atoms with Crippen LogP contribution in [0.5, 0.6) is 5.75 Å². The number of methoxy groups -OCH3 is 1. The zero-order valence-electron chi connectivity index (χ0n) is 17.7. The van der Waals surface area contributed by atoms with Gasteiger partial charge in [-0.1, -0.05) is 12.2 Å². The van der Waals surface area contributed by atoms with Crippen molar-refractivity contribution in [1.29, 1.82) is 0 Å². The SMILES string of the molecule is COc1ccc(F)cc1-c1ccnc2[nH]c(C3=CCN(CC4=CCCOC4)CC3)cc12. The minimum absolute atomic E-state index is 0.287. The van der Waals surface area contributed by atoms with E-state index < -0.39 is 0 Å². The van der Waals surface area contributed by atoms with Crippen LogP contribution in [0.4, 0.5) is 4.39 Å². The highest BCUT2D eigenvalue weighted by Gasteiger charge is 2.18. The number of fused-ring (bicyclic) bond motifs is 1. The summed E-state index contributed by atoms with van der Waals surface area (Å²) in [4.78, 5) is 10.4. The fourth-order valence-corrected chi connectivity index (χ4v) is 4.43. The van der Waals surface area contributed by atoms with E-state index in [2.05, 4.69) is 33.1 Å². The summed E-state index contributed by atoms with van der Waals surface area (Å²) in [6.07, 6.45) is 8.35. The summed E-state index contributed by atoms with van der Waals surface area (Å²) in [5.74, 6) is 0.357. The van der Waals surface area contributed by atoms with Gasteiger partial charge < -0.3 is 14.5 Å². The second kappa shape index (κ2) is 8.65. The molecule has 31 heavy (non-hydrogen) atoms. The van der Waals surface area contributed by atoms with E-state index in [9.17, 15) is 4.39 Å². The van der Waals surface area contributed by atoms with Gasteiger partial charge in [-0.3, -0.25) is 4.90 Å². The molecule has 2 aromatic heterocycles. The van der Waals surface area contributed by atoms with Gasteiger partial charge in [0.15, 0.2) is 0 Å². The lowest BCUT2D eigenvalue weighted by Gasteiger charge is -2.28. The number of ether oxygens (including phenoxy) is 2. The van der Waals surface area contributed by atoms with Gasteiger partial charge in [-0.15, -0.1) is 0 Å². The third-order valence-electron chi connectivity index (χ3n) is 6.03. The largest absolute Gasteiger partial charge is 0.496 e. The molecule has 0 saturated carbocycles. The van der Waals surface area contributed by atoms with E-state index in [0.29, 0.717) is 5.75 Å². The van der Waals surface area contributed by atoms with E-state index in [1.54, 1.807) is 19.4 Å². The van der Waals surface area contributed by atoms with E-state index in [1.165, 1.54) is 23.3 Å². The Bertz CT molecular complexity index is 1160. The first-order chi connectivity index (χ1) is 15.2. The van der Waals surface area contributed by atoms with E-state index >= 15 is 0 Å². The molecule has 5 rings (SSSR count). The molecule has 3 aromatic rings. The molecule has 0 bridgehead atoms. The van der Waals surface area contributed by atoms with Crippen molar-refractivity contribution < 1.29 is 13.9 Å². The number of aromatic amines is 1. The van der Waals surface area contributed by atoms with Crippen LogP contribution in [-0.4, -0.2) is 54.8 Å². The molecule has 0 unspecified atom stereocenters. The Balaban J connectivity index is 1.42. The molecule has 1 aromatic carbocycles. The van der Waals surface area contributed by atoms with Crippen molar-refractivity contribution in [1.82, 2.24) is 14.9 Å². The smallest absolute Gasteiger partial charge is 0.138 e. The molecular formula is C25H26FN3O2. The Morgan fingerprint density at radius 3 is 2.90 bits per heavy atom. The predicted octanol–water partition coefficient (Wildman–Crippen LogP) is 4.81. The van der Waals surface area contributed by atoms with Crippen LogP contribution in [0.2, 0.25) is 0 Å². The van der Waals surface area contributed by atoms with Crippen molar-refractivity contribution in [3.63, 3.8) is 0 Å². The summed E-state index contributed by atoms with van der Waals surface area (Å²) < 4.78 is 25.0. The van der Waals surface area contributed by atoms with E-state index in [1.807, 2.05) is 6.07 Å². The van der Waals surface area contributed by atoms with Crippen molar-refractivity contribution in [2.24, 2.45) is 0 Å². The maximum absolute atomic E-state index is 14.0. The van der Waals surface area contributed by atoms with E-state index in [0.717, 1.165) is 73.5 Å². The Morgan fingerprint density at radius 1 is 1.19 bits per heavy atom. The molecule has 4 heterocycles. The summed E-state index contributed by atoms with van der Waals surface area (Å²) in [6.45, 7) is 4.50. The summed E-state index contributed by atoms with van der Waals surface area (Å²) in [7, 11) is 1.60. The van der Waals surface area contributed by atoms with Crippen LogP contribution < -0.4 is 4.74 Å². The highest BCUT2D eigenvalue weighted by molar-refractivity contribution is 5.96. The number of hydrogen-bond donors (Lipinski definition) is 1. The zero-order chi connectivity index (χ0) is 21.2. The second-order valence-electron chi connectivity index (χ2n) is 8.07. The Labute approximate surface area is 181 Å². The Morgan fingerprint density at radius 2 is 2.13 bits per heavy atom. The molecular weight excluding hydrogens is 393 g/mol. The average molecular weight is 420 g/mol. The van der Waals surface area contributed by atoms with Crippen LogP contribution in [-0.2, 0) is 4.74 Å². The standard InChI is InChI=1S/C25H26FN3O2/c1-30-24-5-4-19(26)13-21(24)20-6-9-27-25-22(20)14-23(28-25)18-7-10-29(11-8-18)15-17-3-2-12-31-16-17/h3-7,9,13-14H,2,8,10-12,15-16H2,1H3,(H,27,28). The fraction of sp³-hybridized carbons (Fsp3) is 0.320. The molecule has 5 nitrogen and oxygen atoms in total. The molecule has 0 aliphatic carbocycles. The third-order valence-corrected chi connectivity index (χ3v) is 6.03. The molecule has 2 aliphatic heterocycles. The van der Waals surface area contributed by atoms with Crippen molar-refractivity contribution in [3.05, 3.63) is 65.8 Å². The average Bonchev–Trinajstić information content (AvgIpc) is 3.25. The molecule has 6 heteroatoms.